The quantitative estimate of drug-likeness (QED) is 0.253. The van der Waals surface area contributed by atoms with Gasteiger partial charge in [-0.2, -0.15) is 13.2 Å². The van der Waals surface area contributed by atoms with Crippen molar-refractivity contribution >= 4 is 29.1 Å². The van der Waals surface area contributed by atoms with E-state index < -0.39 is 24.6 Å². The first kappa shape index (κ1) is 27.8. The number of carbonyl (C=O) groups excluding carboxylic acids is 1. The summed E-state index contributed by atoms with van der Waals surface area (Å²) in [6.07, 6.45) is -3.42. The van der Waals surface area contributed by atoms with Crippen LogP contribution in [0.4, 0.5) is 35.0 Å². The summed E-state index contributed by atoms with van der Waals surface area (Å²) in [5, 5.41) is 15.1. The van der Waals surface area contributed by atoms with Crippen molar-refractivity contribution in [3.8, 4) is 16.9 Å². The summed E-state index contributed by atoms with van der Waals surface area (Å²) in [6, 6.07) is 16.3. The van der Waals surface area contributed by atoms with Gasteiger partial charge in [0.15, 0.2) is 0 Å². The molecule has 0 heterocycles. The molecule has 1 fully saturated rings. The molecule has 0 radical (unpaired) electrons. The molecule has 0 saturated heterocycles. The number of urea groups is 1. The SMILES string of the molecule is COc1ccc(-c2ccc(N(CCC(F)(F)F)CC3CC3)c(NC(=O)Nc3ccc(C)cc3)c2)cc1C(=O)O. The maximum atomic E-state index is 13.2. The van der Waals surface area contributed by atoms with Crippen molar-refractivity contribution in [1.82, 2.24) is 0 Å². The number of amides is 2. The Kier molecular flexibility index (Phi) is 8.32. The number of halogens is 3. The van der Waals surface area contributed by atoms with Crippen LogP contribution < -0.4 is 20.3 Å². The van der Waals surface area contributed by atoms with Crippen molar-refractivity contribution in [3.05, 3.63) is 71.8 Å². The number of hydrogen-bond acceptors (Lipinski definition) is 4. The average Bonchev–Trinajstić information content (AvgIpc) is 3.71. The number of carboxylic acid groups (broad SMARTS) is 1. The molecule has 0 aromatic heterocycles. The van der Waals surface area contributed by atoms with Gasteiger partial charge in [-0.25, -0.2) is 9.59 Å². The lowest BCUT2D eigenvalue weighted by molar-refractivity contribution is -0.132. The number of methoxy groups -OCH3 is 1. The highest BCUT2D eigenvalue weighted by Gasteiger charge is 2.31. The van der Waals surface area contributed by atoms with Crippen LogP contribution in [0.2, 0.25) is 0 Å². The van der Waals surface area contributed by atoms with E-state index in [2.05, 4.69) is 10.6 Å². The van der Waals surface area contributed by atoms with Gasteiger partial charge in [0.1, 0.15) is 11.3 Å². The third-order valence-corrected chi connectivity index (χ3v) is 6.50. The van der Waals surface area contributed by atoms with Gasteiger partial charge in [-0.15, -0.1) is 0 Å². The van der Waals surface area contributed by atoms with Crippen molar-refractivity contribution < 1.29 is 32.6 Å². The van der Waals surface area contributed by atoms with Gasteiger partial charge in [0.2, 0.25) is 0 Å². The number of carboxylic acids is 1. The van der Waals surface area contributed by atoms with Gasteiger partial charge in [-0.1, -0.05) is 29.8 Å². The fraction of sp³-hybridized carbons (Fsp3) is 0.310. The number of benzene rings is 3. The van der Waals surface area contributed by atoms with Crippen molar-refractivity contribution in [2.24, 2.45) is 5.92 Å². The van der Waals surface area contributed by atoms with Crippen molar-refractivity contribution in [2.75, 3.05) is 35.7 Å². The summed E-state index contributed by atoms with van der Waals surface area (Å²) >= 11 is 0. The lowest BCUT2D eigenvalue weighted by Gasteiger charge is -2.28. The van der Waals surface area contributed by atoms with E-state index in [0.29, 0.717) is 40.7 Å². The Bertz CT molecular complexity index is 1340. The van der Waals surface area contributed by atoms with Crippen molar-refractivity contribution in [1.29, 1.82) is 0 Å². The van der Waals surface area contributed by atoms with Crippen LogP contribution in [0, 0.1) is 12.8 Å². The highest BCUT2D eigenvalue weighted by atomic mass is 19.4. The predicted molar refractivity (Wildman–Crippen MR) is 145 cm³/mol. The van der Waals surface area contributed by atoms with Gasteiger partial charge < -0.3 is 25.4 Å². The van der Waals surface area contributed by atoms with Crippen LogP contribution in [0.3, 0.4) is 0 Å². The molecular weight excluding hydrogens is 511 g/mol. The fourth-order valence-electron chi connectivity index (χ4n) is 4.25. The van der Waals surface area contributed by atoms with Crippen molar-refractivity contribution in [2.45, 2.75) is 32.4 Å². The third-order valence-electron chi connectivity index (χ3n) is 6.50. The summed E-state index contributed by atoms with van der Waals surface area (Å²) in [5.74, 6) is -0.669. The van der Waals surface area contributed by atoms with E-state index in [0.717, 1.165) is 18.4 Å². The first-order valence-corrected chi connectivity index (χ1v) is 12.5. The van der Waals surface area contributed by atoms with Crippen LogP contribution in [-0.4, -0.2) is 43.5 Å². The summed E-state index contributed by atoms with van der Waals surface area (Å²) in [5.41, 5.74) is 3.45. The Balaban J connectivity index is 1.70. The number of aromatic carboxylic acids is 1. The van der Waals surface area contributed by atoms with Crippen molar-refractivity contribution in [3.63, 3.8) is 0 Å². The maximum Gasteiger partial charge on any atom is 0.390 e. The van der Waals surface area contributed by atoms with Gasteiger partial charge in [-0.3, -0.25) is 0 Å². The van der Waals surface area contributed by atoms with E-state index in [9.17, 15) is 27.9 Å². The smallest absolute Gasteiger partial charge is 0.390 e. The first-order valence-electron chi connectivity index (χ1n) is 12.5. The Labute approximate surface area is 224 Å². The highest BCUT2D eigenvalue weighted by Crippen LogP contribution is 2.38. The number of hydrogen-bond donors (Lipinski definition) is 3. The van der Waals surface area contributed by atoms with Crippen LogP contribution in [0.1, 0.15) is 35.2 Å². The molecular formula is C29H30F3N3O4. The summed E-state index contributed by atoms with van der Waals surface area (Å²) in [4.78, 5) is 26.3. The Morgan fingerprint density at radius 3 is 2.28 bits per heavy atom. The number of ether oxygens (including phenoxy) is 1. The minimum absolute atomic E-state index is 0.0359. The number of alkyl halides is 3. The third kappa shape index (κ3) is 7.66. The molecule has 3 aromatic rings. The van der Waals surface area contributed by atoms with Crippen LogP contribution in [0.25, 0.3) is 11.1 Å². The molecule has 0 bridgehead atoms. The molecule has 3 N–H and O–H groups in total. The number of aryl methyl sites for hydroxylation is 1. The molecule has 206 valence electrons. The largest absolute Gasteiger partial charge is 0.496 e. The number of anilines is 3. The molecule has 0 aliphatic heterocycles. The molecule has 39 heavy (non-hydrogen) atoms. The van der Waals surface area contributed by atoms with E-state index in [1.165, 1.54) is 19.2 Å². The minimum Gasteiger partial charge on any atom is -0.496 e. The van der Waals surface area contributed by atoms with Gasteiger partial charge in [0.25, 0.3) is 0 Å². The topological polar surface area (TPSA) is 90.9 Å². The second-order valence-electron chi connectivity index (χ2n) is 9.65. The molecule has 3 aromatic carbocycles. The van der Waals surface area contributed by atoms with Crippen LogP contribution in [-0.2, 0) is 0 Å². The Hall–Kier alpha value is -4.21. The molecule has 1 aliphatic carbocycles. The number of rotatable bonds is 10. The number of nitrogens with one attached hydrogen (secondary N) is 2. The van der Waals surface area contributed by atoms with Crippen LogP contribution >= 0.6 is 0 Å². The predicted octanol–water partition coefficient (Wildman–Crippen LogP) is 7.18. The molecule has 2 amide bonds. The van der Waals surface area contributed by atoms with Crippen LogP contribution in [0.15, 0.2) is 60.7 Å². The second kappa shape index (κ2) is 11.7. The molecule has 10 heteroatoms. The zero-order valence-corrected chi connectivity index (χ0v) is 21.6. The van der Waals surface area contributed by atoms with E-state index in [1.54, 1.807) is 41.3 Å². The number of nitrogens with zero attached hydrogens (tertiary/aromatic N) is 1. The first-order chi connectivity index (χ1) is 18.5. The van der Waals surface area contributed by atoms with Crippen LogP contribution in [0.5, 0.6) is 5.75 Å². The van der Waals surface area contributed by atoms with Gasteiger partial charge in [0, 0.05) is 18.8 Å². The summed E-state index contributed by atoms with van der Waals surface area (Å²) < 4.78 is 44.6. The Morgan fingerprint density at radius 1 is 1.00 bits per heavy atom. The minimum atomic E-state index is -4.32. The summed E-state index contributed by atoms with van der Waals surface area (Å²) in [6.45, 7) is 2.11. The summed E-state index contributed by atoms with van der Waals surface area (Å²) in [7, 11) is 1.38. The zero-order valence-electron chi connectivity index (χ0n) is 21.6. The molecule has 7 nitrogen and oxygen atoms in total. The molecule has 0 spiro atoms. The molecule has 0 atom stereocenters. The monoisotopic (exact) mass is 541 g/mol. The lowest BCUT2D eigenvalue weighted by atomic mass is 10.0. The molecule has 1 aliphatic rings. The van der Waals surface area contributed by atoms with Gasteiger partial charge in [-0.05, 0) is 73.2 Å². The molecule has 0 unspecified atom stereocenters. The van der Waals surface area contributed by atoms with Gasteiger partial charge in [0.05, 0.1) is 24.9 Å². The zero-order chi connectivity index (χ0) is 28.2. The standard InChI is InChI=1S/C29H30F3N3O4/c1-18-3-9-22(10-4-18)33-28(38)34-24-16-21(20-8-12-26(39-2)23(15-20)27(36)37)7-11-25(24)35(17-19-5-6-19)14-13-29(30,31)32/h3-4,7-12,15-16,19H,5-6,13-14,17H2,1-2H3,(H,36,37)(H2,33,34,38). The van der Waals surface area contributed by atoms with E-state index in [1.807, 2.05) is 19.1 Å². The number of carbonyl (C=O) groups is 2. The fourth-order valence-corrected chi connectivity index (χ4v) is 4.25. The Morgan fingerprint density at radius 2 is 1.67 bits per heavy atom. The second-order valence-corrected chi connectivity index (χ2v) is 9.65. The van der Waals surface area contributed by atoms with Gasteiger partial charge >= 0.3 is 18.2 Å². The average molecular weight is 542 g/mol. The van der Waals surface area contributed by atoms with E-state index in [-0.39, 0.29) is 17.9 Å². The highest BCUT2D eigenvalue weighted by molar-refractivity contribution is 6.02. The lowest BCUT2D eigenvalue weighted by Crippen LogP contribution is -2.31. The molecule has 4 rings (SSSR count). The molecule has 1 saturated carbocycles. The van der Waals surface area contributed by atoms with E-state index in [4.69, 9.17) is 4.74 Å². The maximum absolute atomic E-state index is 13.2. The van der Waals surface area contributed by atoms with E-state index >= 15 is 0 Å². The normalized spacial score (nSPS) is 13.1.